The molecular formula is C20H17NO3S. The Morgan fingerprint density at radius 2 is 1.56 bits per heavy atom. The van der Waals surface area contributed by atoms with Gasteiger partial charge in [-0.25, -0.2) is 4.98 Å². The van der Waals surface area contributed by atoms with E-state index in [-0.39, 0.29) is 0 Å². The molecule has 0 saturated heterocycles. The van der Waals surface area contributed by atoms with Gasteiger partial charge < -0.3 is 14.2 Å². The standard InChI is InChI=1S/C20H17NO3S/c1-22-16-10-13(11-17(23-2)18(16)24-3)20-21-15-9-8-12-6-4-5-7-14(12)19(15)25-20/h4-11H,1-3H3. The third-order valence-corrected chi connectivity index (χ3v) is 5.34. The molecule has 0 aliphatic carbocycles. The number of thiazole rings is 1. The topological polar surface area (TPSA) is 40.6 Å². The zero-order valence-corrected chi connectivity index (χ0v) is 15.0. The van der Waals surface area contributed by atoms with Gasteiger partial charge >= 0.3 is 0 Å². The molecule has 4 nitrogen and oxygen atoms in total. The minimum atomic E-state index is 0.584. The summed E-state index contributed by atoms with van der Waals surface area (Å²) >= 11 is 1.67. The first-order valence-electron chi connectivity index (χ1n) is 7.84. The molecule has 0 unspecified atom stereocenters. The van der Waals surface area contributed by atoms with E-state index in [1.165, 1.54) is 15.5 Å². The summed E-state index contributed by atoms with van der Waals surface area (Å²) in [4.78, 5) is 4.81. The number of hydrogen-bond donors (Lipinski definition) is 0. The van der Waals surface area contributed by atoms with Crippen LogP contribution < -0.4 is 14.2 Å². The largest absolute Gasteiger partial charge is 0.493 e. The lowest BCUT2D eigenvalue weighted by molar-refractivity contribution is 0.324. The molecule has 126 valence electrons. The van der Waals surface area contributed by atoms with Gasteiger partial charge in [-0.3, -0.25) is 0 Å². The maximum absolute atomic E-state index is 5.46. The molecule has 0 N–H and O–H groups in total. The van der Waals surface area contributed by atoms with Gasteiger partial charge in [-0.2, -0.15) is 0 Å². The van der Waals surface area contributed by atoms with Crippen LogP contribution in [0.3, 0.4) is 0 Å². The second-order valence-electron chi connectivity index (χ2n) is 5.57. The van der Waals surface area contributed by atoms with E-state index in [2.05, 4.69) is 36.4 Å². The molecule has 1 aromatic heterocycles. The van der Waals surface area contributed by atoms with Gasteiger partial charge in [0.05, 0.1) is 31.5 Å². The Kier molecular flexibility index (Phi) is 3.93. The molecule has 4 aromatic rings. The van der Waals surface area contributed by atoms with Crippen molar-refractivity contribution in [2.75, 3.05) is 21.3 Å². The van der Waals surface area contributed by atoms with Crippen molar-refractivity contribution < 1.29 is 14.2 Å². The zero-order valence-electron chi connectivity index (χ0n) is 14.2. The monoisotopic (exact) mass is 351 g/mol. The Morgan fingerprint density at radius 3 is 2.24 bits per heavy atom. The van der Waals surface area contributed by atoms with Crippen LogP contribution in [-0.4, -0.2) is 26.3 Å². The van der Waals surface area contributed by atoms with Gasteiger partial charge in [0, 0.05) is 10.9 Å². The summed E-state index contributed by atoms with van der Waals surface area (Å²) in [6.07, 6.45) is 0. The molecule has 3 aromatic carbocycles. The fraction of sp³-hybridized carbons (Fsp3) is 0.150. The average molecular weight is 351 g/mol. The Hall–Kier alpha value is -2.79. The van der Waals surface area contributed by atoms with Crippen LogP contribution in [0.4, 0.5) is 0 Å². The van der Waals surface area contributed by atoms with E-state index in [0.29, 0.717) is 17.2 Å². The molecule has 0 aliphatic rings. The molecular weight excluding hydrogens is 334 g/mol. The Morgan fingerprint density at radius 1 is 0.840 bits per heavy atom. The maximum atomic E-state index is 5.46. The molecule has 0 aliphatic heterocycles. The van der Waals surface area contributed by atoms with Crippen molar-refractivity contribution in [3.8, 4) is 27.8 Å². The van der Waals surface area contributed by atoms with E-state index in [4.69, 9.17) is 19.2 Å². The van der Waals surface area contributed by atoms with Crippen LogP contribution in [-0.2, 0) is 0 Å². The molecule has 0 bridgehead atoms. The van der Waals surface area contributed by atoms with Gasteiger partial charge in [0.25, 0.3) is 0 Å². The van der Waals surface area contributed by atoms with Crippen LogP contribution in [0.1, 0.15) is 0 Å². The first-order chi connectivity index (χ1) is 12.2. The lowest BCUT2D eigenvalue weighted by atomic mass is 10.1. The van der Waals surface area contributed by atoms with Gasteiger partial charge in [-0.1, -0.05) is 30.3 Å². The van der Waals surface area contributed by atoms with Crippen molar-refractivity contribution in [3.63, 3.8) is 0 Å². The molecule has 0 saturated carbocycles. The van der Waals surface area contributed by atoms with E-state index in [9.17, 15) is 0 Å². The number of fused-ring (bicyclic) bond motifs is 3. The van der Waals surface area contributed by atoms with Crippen molar-refractivity contribution in [3.05, 3.63) is 48.5 Å². The van der Waals surface area contributed by atoms with E-state index in [1.54, 1.807) is 32.7 Å². The average Bonchev–Trinajstić information content (AvgIpc) is 3.11. The predicted octanol–water partition coefficient (Wildman–Crippen LogP) is 5.14. The first-order valence-corrected chi connectivity index (χ1v) is 8.65. The molecule has 4 rings (SSSR count). The second kappa shape index (κ2) is 6.26. The summed E-state index contributed by atoms with van der Waals surface area (Å²) in [5, 5.41) is 3.36. The van der Waals surface area contributed by atoms with Gasteiger partial charge in [0.2, 0.25) is 5.75 Å². The highest BCUT2D eigenvalue weighted by Gasteiger charge is 2.16. The minimum absolute atomic E-state index is 0.584. The molecule has 1 heterocycles. The highest BCUT2D eigenvalue weighted by atomic mass is 32.1. The van der Waals surface area contributed by atoms with Crippen molar-refractivity contribution in [2.45, 2.75) is 0 Å². The summed E-state index contributed by atoms with van der Waals surface area (Å²) in [6, 6.07) is 16.4. The Bertz CT molecular complexity index is 1050. The fourth-order valence-electron chi connectivity index (χ4n) is 2.98. The van der Waals surface area contributed by atoms with Crippen molar-refractivity contribution in [1.29, 1.82) is 0 Å². The number of hydrogen-bond acceptors (Lipinski definition) is 5. The molecule has 5 heteroatoms. The van der Waals surface area contributed by atoms with Gasteiger partial charge in [0.15, 0.2) is 11.5 Å². The van der Waals surface area contributed by atoms with Gasteiger partial charge in [0.1, 0.15) is 5.01 Å². The quantitative estimate of drug-likeness (QED) is 0.510. The van der Waals surface area contributed by atoms with E-state index in [1.807, 2.05) is 12.1 Å². The highest BCUT2D eigenvalue weighted by Crippen LogP contribution is 2.43. The third kappa shape index (κ3) is 2.57. The number of ether oxygens (including phenoxy) is 3. The van der Waals surface area contributed by atoms with Crippen LogP contribution in [0.15, 0.2) is 48.5 Å². The summed E-state index contributed by atoms with van der Waals surface area (Å²) < 4.78 is 17.5. The minimum Gasteiger partial charge on any atom is -0.493 e. The van der Waals surface area contributed by atoms with E-state index >= 15 is 0 Å². The molecule has 0 amide bonds. The van der Waals surface area contributed by atoms with Crippen LogP contribution in [0.5, 0.6) is 17.2 Å². The first kappa shape index (κ1) is 15.7. The molecule has 25 heavy (non-hydrogen) atoms. The molecule has 0 radical (unpaired) electrons. The predicted molar refractivity (Wildman–Crippen MR) is 102 cm³/mol. The lowest BCUT2D eigenvalue weighted by Crippen LogP contribution is -1.95. The highest BCUT2D eigenvalue weighted by molar-refractivity contribution is 7.22. The summed E-state index contributed by atoms with van der Waals surface area (Å²) in [5.74, 6) is 1.84. The maximum Gasteiger partial charge on any atom is 0.203 e. The normalized spacial score (nSPS) is 11.0. The van der Waals surface area contributed by atoms with Crippen molar-refractivity contribution >= 4 is 32.3 Å². The van der Waals surface area contributed by atoms with Crippen LogP contribution in [0.2, 0.25) is 0 Å². The third-order valence-electron chi connectivity index (χ3n) is 4.19. The van der Waals surface area contributed by atoms with Gasteiger partial charge in [-0.05, 0) is 23.6 Å². The second-order valence-corrected chi connectivity index (χ2v) is 6.57. The molecule has 0 fully saturated rings. The van der Waals surface area contributed by atoms with Gasteiger partial charge in [-0.15, -0.1) is 11.3 Å². The summed E-state index contributed by atoms with van der Waals surface area (Å²) in [5.41, 5.74) is 1.94. The fourth-order valence-corrected chi connectivity index (χ4v) is 4.07. The van der Waals surface area contributed by atoms with E-state index in [0.717, 1.165) is 16.1 Å². The number of rotatable bonds is 4. The Labute approximate surface area is 149 Å². The van der Waals surface area contributed by atoms with Crippen molar-refractivity contribution in [2.24, 2.45) is 0 Å². The smallest absolute Gasteiger partial charge is 0.203 e. The SMILES string of the molecule is COc1cc(-c2nc3ccc4ccccc4c3s2)cc(OC)c1OC. The molecule has 0 atom stereocenters. The zero-order chi connectivity index (χ0) is 17.4. The summed E-state index contributed by atoms with van der Waals surface area (Å²) in [7, 11) is 4.84. The number of benzene rings is 3. The number of nitrogens with zero attached hydrogens (tertiary/aromatic N) is 1. The summed E-state index contributed by atoms with van der Waals surface area (Å²) in [6.45, 7) is 0. The number of aromatic nitrogens is 1. The number of methoxy groups -OCH3 is 3. The van der Waals surface area contributed by atoms with Crippen LogP contribution in [0, 0.1) is 0 Å². The van der Waals surface area contributed by atoms with Crippen LogP contribution >= 0.6 is 11.3 Å². The Balaban J connectivity index is 1.94. The lowest BCUT2D eigenvalue weighted by Gasteiger charge is -2.13. The van der Waals surface area contributed by atoms with Crippen LogP contribution in [0.25, 0.3) is 31.6 Å². The molecule has 0 spiro atoms. The van der Waals surface area contributed by atoms with Crippen molar-refractivity contribution in [1.82, 2.24) is 4.98 Å². The van der Waals surface area contributed by atoms with E-state index < -0.39 is 0 Å².